The molecule has 0 atom stereocenters. The second-order valence-electron chi connectivity index (χ2n) is 10.6. The molecule has 0 unspecified atom stereocenters. The third-order valence-electron chi connectivity index (χ3n) is 7.75. The maximum atomic E-state index is 9.90. The number of nitrogens with zero attached hydrogens (tertiary/aromatic N) is 2. The van der Waals surface area contributed by atoms with Crippen LogP contribution in [0.15, 0.2) is 97.1 Å². The van der Waals surface area contributed by atoms with Crippen molar-refractivity contribution in [1.29, 1.82) is 0 Å². The quantitative estimate of drug-likeness (QED) is 0.185. The van der Waals surface area contributed by atoms with Gasteiger partial charge in [-0.05, 0) is 97.2 Å². The monoisotopic (exact) mass is 566 g/mol. The normalized spacial score (nSPS) is 13.9. The van der Waals surface area contributed by atoms with Crippen LogP contribution in [0.3, 0.4) is 0 Å². The Kier molecular flexibility index (Phi) is 8.45. The number of aromatic hydroxyl groups is 1. The van der Waals surface area contributed by atoms with Gasteiger partial charge in [0.1, 0.15) is 30.5 Å². The van der Waals surface area contributed by atoms with Crippen LogP contribution in [0.1, 0.15) is 30.4 Å². The molecule has 0 radical (unpaired) electrons. The van der Waals surface area contributed by atoms with Crippen molar-refractivity contribution in [1.82, 2.24) is 9.47 Å². The molecule has 0 bridgehead atoms. The molecule has 210 valence electrons. The smallest absolute Gasteiger partial charge is 0.120 e. The number of hydrogen-bond donors (Lipinski definition) is 1. The highest BCUT2D eigenvalue weighted by Gasteiger charge is 2.19. The Morgan fingerprint density at radius 3 is 2.22 bits per heavy atom. The Balaban J connectivity index is 1.24. The third-order valence-corrected chi connectivity index (χ3v) is 8.13. The number of hydrogen-bond acceptors (Lipinski definition) is 4. The lowest BCUT2D eigenvalue weighted by atomic mass is 10.1. The zero-order valence-electron chi connectivity index (χ0n) is 23.1. The summed E-state index contributed by atoms with van der Waals surface area (Å²) in [6.45, 7) is 5.17. The van der Waals surface area contributed by atoms with E-state index in [0.29, 0.717) is 24.8 Å². The van der Waals surface area contributed by atoms with Gasteiger partial charge in [0, 0.05) is 18.5 Å². The summed E-state index contributed by atoms with van der Waals surface area (Å²) in [5.41, 5.74) is 5.12. The van der Waals surface area contributed by atoms with Gasteiger partial charge in [0.2, 0.25) is 0 Å². The maximum Gasteiger partial charge on any atom is 0.120 e. The fourth-order valence-corrected chi connectivity index (χ4v) is 5.90. The van der Waals surface area contributed by atoms with Crippen LogP contribution in [0.25, 0.3) is 22.2 Å². The van der Waals surface area contributed by atoms with E-state index in [1.807, 2.05) is 42.5 Å². The Morgan fingerprint density at radius 1 is 0.732 bits per heavy atom. The van der Waals surface area contributed by atoms with Gasteiger partial charge in [-0.15, -0.1) is 0 Å². The highest BCUT2D eigenvalue weighted by Crippen LogP contribution is 2.40. The zero-order chi connectivity index (χ0) is 28.0. The van der Waals surface area contributed by atoms with Crippen molar-refractivity contribution in [3.8, 4) is 28.5 Å². The van der Waals surface area contributed by atoms with Gasteiger partial charge in [0.15, 0.2) is 0 Å². The van der Waals surface area contributed by atoms with Crippen LogP contribution in [0, 0.1) is 0 Å². The van der Waals surface area contributed by atoms with Crippen molar-refractivity contribution in [2.45, 2.75) is 32.4 Å². The molecule has 2 heterocycles. The zero-order valence-corrected chi connectivity index (χ0v) is 23.9. The molecule has 1 aliphatic rings. The summed E-state index contributed by atoms with van der Waals surface area (Å²) in [7, 11) is 0. The third kappa shape index (κ3) is 6.53. The molecule has 41 heavy (non-hydrogen) atoms. The molecule has 0 spiro atoms. The lowest BCUT2D eigenvalue weighted by Gasteiger charge is -2.26. The van der Waals surface area contributed by atoms with Crippen LogP contribution in [-0.2, 0) is 13.2 Å². The van der Waals surface area contributed by atoms with Gasteiger partial charge in [0.25, 0.3) is 0 Å². The highest BCUT2D eigenvalue weighted by molar-refractivity contribution is 6.38. The molecule has 5 aromatic rings. The highest BCUT2D eigenvalue weighted by atomic mass is 35.5. The summed E-state index contributed by atoms with van der Waals surface area (Å²) in [6.07, 6.45) is 3.93. The molecule has 1 fully saturated rings. The minimum atomic E-state index is 0.222. The van der Waals surface area contributed by atoms with Crippen molar-refractivity contribution in [2.75, 3.05) is 26.2 Å². The number of piperidine rings is 1. The molecular formula is C35H35ClN2O3. The number of fused-ring (bicyclic) bond motifs is 1. The predicted octanol–water partition coefficient (Wildman–Crippen LogP) is 8.16. The van der Waals surface area contributed by atoms with Crippen molar-refractivity contribution in [3.05, 3.63) is 113 Å². The minimum Gasteiger partial charge on any atom is -0.508 e. The molecule has 5 nitrogen and oxygen atoms in total. The van der Waals surface area contributed by atoms with E-state index in [1.165, 1.54) is 32.4 Å². The minimum absolute atomic E-state index is 0.222. The molecule has 4 aromatic carbocycles. The van der Waals surface area contributed by atoms with E-state index in [-0.39, 0.29) is 5.75 Å². The van der Waals surface area contributed by atoms with Crippen LogP contribution in [0.5, 0.6) is 17.2 Å². The van der Waals surface area contributed by atoms with Crippen LogP contribution >= 0.6 is 11.6 Å². The standard InChI is InChI=1S/C35H35ClN2O3/c36-34-32-23-31(41-25-27-7-3-1-4-8-27)17-18-33(32)38(35(34)28-11-13-29(39)14-12-28)24-26-9-15-30(16-10-26)40-22-21-37-19-5-2-6-20-37/h1,3-4,7-18,23,39H,2,5-6,19-22,24-25H2. The van der Waals surface area contributed by atoms with Gasteiger partial charge in [-0.2, -0.15) is 0 Å². The number of halogens is 1. The summed E-state index contributed by atoms with van der Waals surface area (Å²) in [5.74, 6) is 1.88. The molecular weight excluding hydrogens is 532 g/mol. The Labute approximate surface area is 246 Å². The van der Waals surface area contributed by atoms with E-state index in [9.17, 15) is 5.11 Å². The second kappa shape index (κ2) is 12.7. The van der Waals surface area contributed by atoms with Crippen LogP contribution in [0.2, 0.25) is 5.02 Å². The topological polar surface area (TPSA) is 46.9 Å². The van der Waals surface area contributed by atoms with Crippen molar-refractivity contribution < 1.29 is 14.6 Å². The molecule has 0 saturated carbocycles. The first kappa shape index (κ1) is 27.3. The fraction of sp³-hybridized carbons (Fsp3) is 0.257. The number of ether oxygens (including phenoxy) is 2. The Hall–Kier alpha value is -3.93. The van der Waals surface area contributed by atoms with E-state index >= 15 is 0 Å². The number of rotatable bonds is 10. The summed E-state index contributed by atoms with van der Waals surface area (Å²) in [6, 6.07) is 31.7. The van der Waals surface area contributed by atoms with Gasteiger partial charge in [0.05, 0.1) is 16.2 Å². The predicted molar refractivity (Wildman–Crippen MR) is 166 cm³/mol. The van der Waals surface area contributed by atoms with Crippen molar-refractivity contribution in [2.24, 2.45) is 0 Å². The maximum absolute atomic E-state index is 9.90. The summed E-state index contributed by atoms with van der Waals surface area (Å²) in [4.78, 5) is 2.49. The van der Waals surface area contributed by atoms with E-state index in [2.05, 4.69) is 51.9 Å². The van der Waals surface area contributed by atoms with Gasteiger partial charge < -0.3 is 19.1 Å². The molecule has 0 amide bonds. The first-order valence-corrected chi connectivity index (χ1v) is 14.7. The first-order valence-electron chi connectivity index (χ1n) is 14.4. The van der Waals surface area contributed by atoms with Gasteiger partial charge in [-0.3, -0.25) is 4.90 Å². The SMILES string of the molecule is Oc1ccc(-c2c(Cl)c3cc(OCc4ccccc4)ccc3n2Cc2ccc(OCCN3CCCCC3)cc2)cc1. The summed E-state index contributed by atoms with van der Waals surface area (Å²) >= 11 is 7.08. The second-order valence-corrected chi connectivity index (χ2v) is 11.0. The fourth-order valence-electron chi connectivity index (χ4n) is 5.54. The largest absolute Gasteiger partial charge is 0.508 e. The van der Waals surface area contributed by atoms with E-state index in [1.54, 1.807) is 12.1 Å². The first-order chi connectivity index (χ1) is 20.1. The van der Waals surface area contributed by atoms with E-state index < -0.39 is 0 Å². The number of aromatic nitrogens is 1. The Morgan fingerprint density at radius 2 is 1.46 bits per heavy atom. The Bertz CT molecular complexity index is 1570. The van der Waals surface area contributed by atoms with Crippen LogP contribution in [-0.4, -0.2) is 40.8 Å². The average molecular weight is 567 g/mol. The van der Waals surface area contributed by atoms with Crippen molar-refractivity contribution in [3.63, 3.8) is 0 Å². The number of benzene rings is 4. The van der Waals surface area contributed by atoms with Gasteiger partial charge >= 0.3 is 0 Å². The molecule has 1 aliphatic heterocycles. The van der Waals surface area contributed by atoms with E-state index in [0.717, 1.165) is 51.3 Å². The number of phenols is 1. The van der Waals surface area contributed by atoms with E-state index in [4.69, 9.17) is 21.1 Å². The van der Waals surface area contributed by atoms with Crippen LogP contribution < -0.4 is 9.47 Å². The molecule has 1 aromatic heterocycles. The lowest BCUT2D eigenvalue weighted by Crippen LogP contribution is -2.33. The molecule has 6 rings (SSSR count). The summed E-state index contributed by atoms with van der Waals surface area (Å²) in [5, 5.41) is 11.5. The molecule has 1 saturated heterocycles. The number of phenolic OH excluding ortho intramolecular Hbond substituents is 1. The lowest BCUT2D eigenvalue weighted by molar-refractivity contribution is 0.183. The van der Waals surface area contributed by atoms with Gasteiger partial charge in [-0.25, -0.2) is 0 Å². The van der Waals surface area contributed by atoms with Gasteiger partial charge in [-0.1, -0.05) is 60.5 Å². The van der Waals surface area contributed by atoms with Crippen LogP contribution in [0.4, 0.5) is 0 Å². The summed E-state index contributed by atoms with van der Waals surface area (Å²) < 4.78 is 14.4. The molecule has 1 N–H and O–H groups in total. The average Bonchev–Trinajstić information content (AvgIpc) is 3.28. The van der Waals surface area contributed by atoms with Crippen molar-refractivity contribution >= 4 is 22.5 Å². The molecule has 6 heteroatoms. The molecule has 0 aliphatic carbocycles. The number of likely N-dealkylation sites (tertiary alicyclic amines) is 1.